The Hall–Kier alpha value is -3.47. The van der Waals surface area contributed by atoms with E-state index in [4.69, 9.17) is 41.6 Å². The quantitative estimate of drug-likeness (QED) is 0.215. The lowest BCUT2D eigenvalue weighted by atomic mass is 10.2. The van der Waals surface area contributed by atoms with E-state index in [0.29, 0.717) is 34.3 Å². The summed E-state index contributed by atoms with van der Waals surface area (Å²) in [4.78, 5) is 12.4. The first-order valence-corrected chi connectivity index (χ1v) is 12.6. The monoisotopic (exact) mass is 552 g/mol. The molecule has 3 aromatic rings. The Morgan fingerprint density at radius 3 is 2.31 bits per heavy atom. The van der Waals surface area contributed by atoms with Gasteiger partial charge in [0.05, 0.1) is 32.1 Å². The van der Waals surface area contributed by atoms with Gasteiger partial charge in [-0.1, -0.05) is 23.2 Å². The highest BCUT2D eigenvalue weighted by molar-refractivity contribution is 7.87. The zero-order valence-electron chi connectivity index (χ0n) is 19.4. The van der Waals surface area contributed by atoms with Crippen molar-refractivity contribution in [2.75, 3.05) is 20.8 Å². The number of hydrazone groups is 1. The van der Waals surface area contributed by atoms with Gasteiger partial charge in [0.25, 0.3) is 5.91 Å². The van der Waals surface area contributed by atoms with Crippen molar-refractivity contribution in [3.63, 3.8) is 0 Å². The molecule has 0 fully saturated rings. The summed E-state index contributed by atoms with van der Waals surface area (Å²) >= 11 is 12.1. The maximum absolute atomic E-state index is 12.6. The van der Waals surface area contributed by atoms with Crippen LogP contribution in [0.2, 0.25) is 10.0 Å². The molecule has 0 unspecified atom stereocenters. The van der Waals surface area contributed by atoms with Crippen LogP contribution in [-0.2, 0) is 10.1 Å². The Bertz CT molecular complexity index is 1380. The topological polar surface area (TPSA) is 113 Å². The Morgan fingerprint density at radius 1 is 0.972 bits per heavy atom. The first-order valence-electron chi connectivity index (χ1n) is 10.4. The molecule has 1 amide bonds. The molecule has 0 spiro atoms. The lowest BCUT2D eigenvalue weighted by molar-refractivity contribution is 0.0954. The van der Waals surface area contributed by atoms with Crippen molar-refractivity contribution in [1.82, 2.24) is 5.43 Å². The number of rotatable bonds is 10. The molecule has 0 saturated heterocycles. The van der Waals surface area contributed by atoms with Gasteiger partial charge in [-0.3, -0.25) is 4.79 Å². The fraction of sp³-hybridized carbons (Fsp3) is 0.167. The molecular weight excluding hydrogens is 531 g/mol. The lowest BCUT2D eigenvalue weighted by Gasteiger charge is -2.13. The molecule has 0 aliphatic heterocycles. The standard InChI is InChI=1S/C24H22Cl2N2O7S/c1-4-34-21-13-16(5-10-20(21)32-2)24(29)28-27-14-15-11-19(26)23(22(12-15)33-3)35-36(30,31)18-8-6-17(25)7-9-18/h5-14H,4H2,1-3H3,(H,28,29)/b27-14+. The largest absolute Gasteiger partial charge is 0.493 e. The third kappa shape index (κ3) is 6.60. The molecule has 1 N–H and O–H groups in total. The second kappa shape index (κ2) is 12.0. The molecule has 0 aliphatic rings. The highest BCUT2D eigenvalue weighted by Crippen LogP contribution is 2.38. The van der Waals surface area contributed by atoms with E-state index < -0.39 is 16.0 Å². The van der Waals surface area contributed by atoms with E-state index in [-0.39, 0.29) is 21.4 Å². The van der Waals surface area contributed by atoms with Crippen molar-refractivity contribution in [1.29, 1.82) is 0 Å². The van der Waals surface area contributed by atoms with Crippen LogP contribution in [0.3, 0.4) is 0 Å². The van der Waals surface area contributed by atoms with E-state index in [9.17, 15) is 13.2 Å². The predicted molar refractivity (Wildman–Crippen MR) is 136 cm³/mol. The van der Waals surface area contributed by atoms with E-state index in [1.807, 2.05) is 6.92 Å². The van der Waals surface area contributed by atoms with Gasteiger partial charge in [0.15, 0.2) is 17.2 Å². The van der Waals surface area contributed by atoms with E-state index in [1.165, 1.54) is 56.8 Å². The van der Waals surface area contributed by atoms with Crippen molar-refractivity contribution in [2.24, 2.45) is 5.10 Å². The SMILES string of the molecule is CCOc1cc(C(=O)N/N=C/c2cc(Cl)c(OS(=O)(=O)c3ccc(Cl)cc3)c(OC)c2)ccc1OC. The summed E-state index contributed by atoms with van der Waals surface area (Å²) in [6.07, 6.45) is 1.32. The van der Waals surface area contributed by atoms with E-state index in [2.05, 4.69) is 10.5 Å². The third-order valence-electron chi connectivity index (χ3n) is 4.65. The van der Waals surface area contributed by atoms with Crippen molar-refractivity contribution in [3.8, 4) is 23.0 Å². The van der Waals surface area contributed by atoms with Gasteiger partial charge in [-0.2, -0.15) is 13.5 Å². The summed E-state index contributed by atoms with van der Waals surface area (Å²) in [5.41, 5.74) is 3.13. The molecule has 0 aromatic heterocycles. The summed E-state index contributed by atoms with van der Waals surface area (Å²) in [5.74, 6) is 0.291. The van der Waals surface area contributed by atoms with Crippen LogP contribution in [0.4, 0.5) is 0 Å². The molecule has 12 heteroatoms. The maximum atomic E-state index is 12.6. The number of carbonyl (C=O) groups is 1. The minimum atomic E-state index is -4.20. The Morgan fingerprint density at radius 2 is 1.67 bits per heavy atom. The van der Waals surface area contributed by atoms with Gasteiger partial charge in [0.1, 0.15) is 4.90 Å². The zero-order chi connectivity index (χ0) is 26.3. The number of carbonyl (C=O) groups excluding carboxylic acids is 1. The van der Waals surface area contributed by atoms with Crippen LogP contribution in [0.15, 0.2) is 64.6 Å². The van der Waals surface area contributed by atoms with Gasteiger partial charge in [0, 0.05) is 10.6 Å². The summed E-state index contributed by atoms with van der Waals surface area (Å²) in [7, 11) is -1.37. The lowest BCUT2D eigenvalue weighted by Crippen LogP contribution is -2.17. The highest BCUT2D eigenvalue weighted by Gasteiger charge is 2.22. The second-order valence-electron chi connectivity index (χ2n) is 7.02. The number of methoxy groups -OCH3 is 2. The van der Waals surface area contributed by atoms with Crippen LogP contribution >= 0.6 is 23.2 Å². The van der Waals surface area contributed by atoms with Crippen LogP contribution in [0.25, 0.3) is 0 Å². The molecule has 0 aliphatic carbocycles. The molecule has 0 bridgehead atoms. The minimum absolute atomic E-state index is 0.0452. The fourth-order valence-electron chi connectivity index (χ4n) is 2.97. The van der Waals surface area contributed by atoms with Crippen LogP contribution in [0.1, 0.15) is 22.8 Å². The van der Waals surface area contributed by atoms with E-state index in [0.717, 1.165) is 0 Å². The number of amides is 1. The molecule has 36 heavy (non-hydrogen) atoms. The molecule has 0 radical (unpaired) electrons. The number of halogens is 2. The molecule has 3 aromatic carbocycles. The minimum Gasteiger partial charge on any atom is -0.493 e. The molecule has 9 nitrogen and oxygen atoms in total. The first-order chi connectivity index (χ1) is 17.2. The first kappa shape index (κ1) is 27.1. The molecule has 0 atom stereocenters. The van der Waals surface area contributed by atoms with Crippen molar-refractivity contribution in [3.05, 3.63) is 75.8 Å². The molecule has 0 heterocycles. The highest BCUT2D eigenvalue weighted by atomic mass is 35.5. The van der Waals surface area contributed by atoms with E-state index in [1.54, 1.807) is 18.2 Å². The average molecular weight is 553 g/mol. The van der Waals surface area contributed by atoms with Crippen molar-refractivity contribution < 1.29 is 31.6 Å². The Balaban J connectivity index is 1.77. The van der Waals surface area contributed by atoms with Gasteiger partial charge in [-0.25, -0.2) is 5.43 Å². The summed E-state index contributed by atoms with van der Waals surface area (Å²) in [6.45, 7) is 2.22. The van der Waals surface area contributed by atoms with Gasteiger partial charge < -0.3 is 18.4 Å². The molecule has 3 rings (SSSR count). The van der Waals surface area contributed by atoms with Gasteiger partial charge >= 0.3 is 10.1 Å². The number of benzene rings is 3. The molecular formula is C24H22Cl2N2O7S. The predicted octanol–water partition coefficient (Wildman–Crippen LogP) is 4.94. The number of nitrogens with one attached hydrogen (secondary N) is 1. The number of nitrogens with zero attached hydrogens (tertiary/aromatic N) is 1. The van der Waals surface area contributed by atoms with Crippen molar-refractivity contribution >= 4 is 45.4 Å². The normalized spacial score (nSPS) is 11.2. The van der Waals surface area contributed by atoms with Crippen LogP contribution in [0.5, 0.6) is 23.0 Å². The summed E-state index contributed by atoms with van der Waals surface area (Å²) < 4.78 is 46.4. The fourth-order valence-corrected chi connectivity index (χ4v) is 4.36. The van der Waals surface area contributed by atoms with Crippen LogP contribution in [-0.4, -0.2) is 41.4 Å². The number of ether oxygens (including phenoxy) is 3. The smallest absolute Gasteiger partial charge is 0.339 e. The second-order valence-corrected chi connectivity index (χ2v) is 9.41. The van der Waals surface area contributed by atoms with Gasteiger partial charge in [-0.05, 0) is 67.1 Å². The van der Waals surface area contributed by atoms with Gasteiger partial charge in [0.2, 0.25) is 5.75 Å². The number of hydrogen-bond donors (Lipinski definition) is 1. The Kier molecular flexibility index (Phi) is 9.03. The summed E-state index contributed by atoms with van der Waals surface area (Å²) in [5, 5.41) is 4.26. The van der Waals surface area contributed by atoms with Crippen LogP contribution < -0.4 is 23.8 Å². The maximum Gasteiger partial charge on any atom is 0.339 e. The van der Waals surface area contributed by atoms with Crippen LogP contribution in [0, 0.1) is 0 Å². The third-order valence-corrected chi connectivity index (χ3v) is 6.42. The van der Waals surface area contributed by atoms with Gasteiger partial charge in [-0.15, -0.1) is 0 Å². The Labute approximate surface area is 218 Å². The van der Waals surface area contributed by atoms with E-state index >= 15 is 0 Å². The average Bonchev–Trinajstić information content (AvgIpc) is 2.85. The molecule has 190 valence electrons. The van der Waals surface area contributed by atoms with Crippen molar-refractivity contribution in [2.45, 2.75) is 11.8 Å². The number of hydrogen-bond acceptors (Lipinski definition) is 8. The summed E-state index contributed by atoms with van der Waals surface area (Å²) in [6, 6.07) is 13.1. The zero-order valence-corrected chi connectivity index (χ0v) is 21.8. The molecule has 0 saturated carbocycles.